The van der Waals surface area contributed by atoms with Gasteiger partial charge in [0.25, 0.3) is 0 Å². The van der Waals surface area contributed by atoms with Crippen molar-refractivity contribution >= 4 is 17.7 Å². The fraction of sp³-hybridized carbons (Fsp3) is 0.680. The molecule has 1 atom stereocenters. The molecule has 1 aromatic heterocycles. The number of rotatable bonds is 7. The van der Waals surface area contributed by atoms with Gasteiger partial charge in [0.2, 0.25) is 5.91 Å². The lowest BCUT2D eigenvalue weighted by Gasteiger charge is -2.42. The first-order valence-electron chi connectivity index (χ1n) is 11.9. The van der Waals surface area contributed by atoms with Crippen molar-refractivity contribution in [2.75, 3.05) is 44.9 Å². The average molecular weight is 473 g/mol. The van der Waals surface area contributed by atoms with Crippen molar-refractivity contribution in [3.8, 4) is 6.07 Å². The molecule has 34 heavy (non-hydrogen) atoms. The number of pyridine rings is 1. The van der Waals surface area contributed by atoms with Gasteiger partial charge >= 0.3 is 5.97 Å². The zero-order valence-corrected chi connectivity index (χ0v) is 21.1. The number of hydrogen-bond donors (Lipinski definition) is 0. The Morgan fingerprint density at radius 1 is 1.29 bits per heavy atom. The first-order chi connectivity index (χ1) is 16.1. The molecule has 0 aromatic carbocycles. The van der Waals surface area contributed by atoms with Gasteiger partial charge < -0.3 is 24.0 Å². The Labute approximate surface area is 202 Å². The number of aromatic nitrogens is 1. The van der Waals surface area contributed by atoms with Crippen molar-refractivity contribution in [3.63, 3.8) is 0 Å². The van der Waals surface area contributed by atoms with E-state index in [1.165, 1.54) is 7.11 Å². The van der Waals surface area contributed by atoms with E-state index in [2.05, 4.69) is 19.9 Å². The SMILES string of the molecule is CCOC(=O)C1CN(c2nc(C(C)C)c3c(c2C#N)CC(C)(C)OC3)CCN1C(=O)CCOC. The van der Waals surface area contributed by atoms with Crippen LogP contribution < -0.4 is 4.90 Å². The Balaban J connectivity index is 2.02. The maximum atomic E-state index is 12.8. The molecule has 2 aliphatic heterocycles. The monoisotopic (exact) mass is 472 g/mol. The summed E-state index contributed by atoms with van der Waals surface area (Å²) in [7, 11) is 1.54. The molecule has 1 fully saturated rings. The van der Waals surface area contributed by atoms with Crippen LogP contribution in [0.3, 0.4) is 0 Å². The Kier molecular flexibility index (Phi) is 8.16. The first-order valence-corrected chi connectivity index (χ1v) is 11.9. The van der Waals surface area contributed by atoms with Gasteiger partial charge in [-0.2, -0.15) is 5.26 Å². The average Bonchev–Trinajstić information content (AvgIpc) is 2.80. The van der Waals surface area contributed by atoms with Gasteiger partial charge in [0.15, 0.2) is 0 Å². The van der Waals surface area contributed by atoms with Crippen molar-refractivity contribution in [2.45, 2.75) is 71.6 Å². The maximum Gasteiger partial charge on any atom is 0.330 e. The topological polar surface area (TPSA) is 105 Å². The Bertz CT molecular complexity index is 969. The lowest BCUT2D eigenvalue weighted by molar-refractivity contribution is -0.155. The molecule has 2 aliphatic rings. The number of ether oxygens (including phenoxy) is 3. The van der Waals surface area contributed by atoms with Crippen LogP contribution in [0, 0.1) is 11.3 Å². The summed E-state index contributed by atoms with van der Waals surface area (Å²) in [5.74, 6) is 0.108. The first kappa shape index (κ1) is 25.9. The summed E-state index contributed by atoms with van der Waals surface area (Å²) in [6, 6.07) is 1.61. The second kappa shape index (κ2) is 10.7. The second-order valence-corrected chi connectivity index (χ2v) is 9.69. The van der Waals surface area contributed by atoms with E-state index in [9.17, 15) is 14.9 Å². The summed E-state index contributed by atoms with van der Waals surface area (Å²) >= 11 is 0. The number of methoxy groups -OCH3 is 1. The highest BCUT2D eigenvalue weighted by Crippen LogP contribution is 2.38. The smallest absolute Gasteiger partial charge is 0.330 e. The number of anilines is 1. The van der Waals surface area contributed by atoms with E-state index in [1.807, 2.05) is 18.7 Å². The van der Waals surface area contributed by atoms with Crippen LogP contribution >= 0.6 is 0 Å². The number of nitrogens with zero attached hydrogens (tertiary/aromatic N) is 4. The van der Waals surface area contributed by atoms with Crippen LogP contribution in [-0.4, -0.2) is 73.4 Å². The number of piperazine rings is 1. The van der Waals surface area contributed by atoms with E-state index >= 15 is 0 Å². The molecule has 0 N–H and O–H groups in total. The van der Waals surface area contributed by atoms with Crippen molar-refractivity contribution in [2.24, 2.45) is 0 Å². The van der Waals surface area contributed by atoms with Crippen LogP contribution in [0.4, 0.5) is 5.82 Å². The number of hydrogen-bond acceptors (Lipinski definition) is 8. The van der Waals surface area contributed by atoms with Gasteiger partial charge in [-0.15, -0.1) is 0 Å². The van der Waals surface area contributed by atoms with Crippen LogP contribution in [0.2, 0.25) is 0 Å². The van der Waals surface area contributed by atoms with Crippen molar-refractivity contribution in [1.29, 1.82) is 5.26 Å². The van der Waals surface area contributed by atoms with Gasteiger partial charge in [0, 0.05) is 32.2 Å². The van der Waals surface area contributed by atoms with Gasteiger partial charge in [-0.25, -0.2) is 9.78 Å². The molecule has 0 spiro atoms. The van der Waals surface area contributed by atoms with Crippen LogP contribution in [0.25, 0.3) is 0 Å². The van der Waals surface area contributed by atoms with Crippen molar-refractivity contribution in [1.82, 2.24) is 9.88 Å². The molecular formula is C25H36N4O5. The van der Waals surface area contributed by atoms with E-state index in [0.717, 1.165) is 16.8 Å². The standard InChI is InChI=1S/C25H36N4O5/c1-7-33-24(31)20-14-28(9-10-29(20)21(30)8-11-32-6)23-18(13-26)17-12-25(4,5)34-15-19(17)22(27-23)16(2)3/h16,20H,7-12,14-15H2,1-6H3. The summed E-state index contributed by atoms with van der Waals surface area (Å²) in [5, 5.41) is 10.2. The van der Waals surface area contributed by atoms with E-state index in [1.54, 1.807) is 11.8 Å². The number of esters is 1. The Hall–Kier alpha value is -2.70. The van der Waals surface area contributed by atoms with E-state index in [4.69, 9.17) is 19.2 Å². The molecule has 0 aliphatic carbocycles. The molecule has 1 aromatic rings. The Morgan fingerprint density at radius 2 is 2.03 bits per heavy atom. The maximum absolute atomic E-state index is 12.8. The lowest BCUT2D eigenvalue weighted by Crippen LogP contribution is -2.59. The quantitative estimate of drug-likeness (QED) is 0.558. The summed E-state index contributed by atoms with van der Waals surface area (Å²) in [6.07, 6.45) is 0.802. The van der Waals surface area contributed by atoms with Crippen LogP contribution in [0.15, 0.2) is 0 Å². The second-order valence-electron chi connectivity index (χ2n) is 9.69. The molecule has 186 valence electrons. The van der Waals surface area contributed by atoms with E-state index in [-0.39, 0.29) is 43.6 Å². The highest BCUT2D eigenvalue weighted by atomic mass is 16.5. The molecule has 3 heterocycles. The van der Waals surface area contributed by atoms with Gasteiger partial charge in [0.1, 0.15) is 17.9 Å². The van der Waals surface area contributed by atoms with Gasteiger partial charge in [-0.3, -0.25) is 4.79 Å². The molecule has 1 amide bonds. The van der Waals surface area contributed by atoms with Gasteiger partial charge in [-0.1, -0.05) is 13.8 Å². The van der Waals surface area contributed by atoms with Gasteiger partial charge in [0.05, 0.1) is 49.6 Å². The van der Waals surface area contributed by atoms with Crippen molar-refractivity contribution in [3.05, 3.63) is 22.4 Å². The highest BCUT2D eigenvalue weighted by molar-refractivity contribution is 5.86. The normalized spacial score (nSPS) is 19.5. The van der Waals surface area contributed by atoms with Crippen LogP contribution in [0.1, 0.15) is 69.3 Å². The molecule has 0 radical (unpaired) electrons. The molecule has 0 saturated carbocycles. The molecular weight excluding hydrogens is 436 g/mol. The predicted molar refractivity (Wildman–Crippen MR) is 126 cm³/mol. The molecule has 0 bridgehead atoms. The van der Waals surface area contributed by atoms with Crippen LogP contribution in [0.5, 0.6) is 0 Å². The third-order valence-electron chi connectivity index (χ3n) is 6.37. The number of amides is 1. The van der Waals surface area contributed by atoms with Crippen LogP contribution in [-0.2, 0) is 36.8 Å². The fourth-order valence-electron chi connectivity index (χ4n) is 4.65. The van der Waals surface area contributed by atoms with E-state index in [0.29, 0.717) is 37.5 Å². The summed E-state index contributed by atoms with van der Waals surface area (Å²) in [5.41, 5.74) is 3.01. The lowest BCUT2D eigenvalue weighted by atomic mass is 9.86. The van der Waals surface area contributed by atoms with Gasteiger partial charge in [-0.05, 0) is 32.3 Å². The minimum absolute atomic E-state index is 0.141. The third-order valence-corrected chi connectivity index (χ3v) is 6.37. The number of nitriles is 1. The summed E-state index contributed by atoms with van der Waals surface area (Å²) < 4.78 is 16.4. The Morgan fingerprint density at radius 3 is 2.65 bits per heavy atom. The molecule has 3 rings (SSSR count). The molecule has 9 nitrogen and oxygen atoms in total. The molecule has 1 saturated heterocycles. The zero-order valence-electron chi connectivity index (χ0n) is 21.1. The molecule has 1 unspecified atom stereocenters. The largest absolute Gasteiger partial charge is 0.464 e. The van der Waals surface area contributed by atoms with Crippen molar-refractivity contribution < 1.29 is 23.8 Å². The third kappa shape index (κ3) is 5.34. The fourth-order valence-corrected chi connectivity index (χ4v) is 4.65. The summed E-state index contributed by atoms with van der Waals surface area (Å²) in [4.78, 5) is 34.1. The number of fused-ring (bicyclic) bond motifs is 1. The minimum atomic E-state index is -0.773. The summed E-state index contributed by atoms with van der Waals surface area (Å²) in [6.45, 7) is 11.9. The number of carbonyl (C=O) groups is 2. The highest BCUT2D eigenvalue weighted by Gasteiger charge is 2.39. The zero-order chi connectivity index (χ0) is 25.0. The van der Waals surface area contributed by atoms with E-state index < -0.39 is 12.0 Å². The molecule has 9 heteroatoms. The predicted octanol–water partition coefficient (Wildman–Crippen LogP) is 2.54. The minimum Gasteiger partial charge on any atom is -0.464 e. The number of carbonyl (C=O) groups excluding carboxylic acids is 2.